The number of amides is 3. The number of urea groups is 1. The lowest BCUT2D eigenvalue weighted by Crippen LogP contribution is -2.22. The molecule has 3 amide bonds. The number of primary amides is 1. The first-order valence-corrected chi connectivity index (χ1v) is 11.1. The third kappa shape index (κ3) is 5.86. The normalized spacial score (nSPS) is 11.1. The van der Waals surface area contributed by atoms with Gasteiger partial charge in [-0.15, -0.1) is 0 Å². The van der Waals surface area contributed by atoms with Crippen LogP contribution in [0.15, 0.2) is 85.1 Å². The van der Waals surface area contributed by atoms with Gasteiger partial charge in [-0.05, 0) is 69.3 Å². The third-order valence-electron chi connectivity index (χ3n) is 5.17. The summed E-state index contributed by atoms with van der Waals surface area (Å²) in [6.45, 7) is 5.97. The first-order chi connectivity index (χ1) is 16.7. The Morgan fingerprint density at radius 2 is 1.37 bits per heavy atom. The number of hydrogen-bond acceptors (Lipinski definition) is 4. The van der Waals surface area contributed by atoms with Crippen LogP contribution in [0.2, 0.25) is 0 Å². The van der Waals surface area contributed by atoms with Gasteiger partial charge in [0, 0.05) is 23.1 Å². The summed E-state index contributed by atoms with van der Waals surface area (Å²) in [4.78, 5) is 24.4. The fourth-order valence-electron chi connectivity index (χ4n) is 3.35. The molecule has 0 aliphatic rings. The number of nitrogens with zero attached hydrogens (tertiary/aromatic N) is 2. The predicted octanol–water partition coefficient (Wildman–Crippen LogP) is 5.84. The molecule has 0 saturated carbocycles. The molecule has 4 aromatic rings. The molecule has 0 aliphatic carbocycles. The van der Waals surface area contributed by atoms with E-state index in [2.05, 4.69) is 15.7 Å². The Kier molecular flexibility index (Phi) is 6.55. The van der Waals surface area contributed by atoms with Crippen molar-refractivity contribution in [3.8, 4) is 22.8 Å². The minimum atomic E-state index is -0.544. The van der Waals surface area contributed by atoms with E-state index in [1.165, 1.54) is 0 Å². The van der Waals surface area contributed by atoms with Crippen molar-refractivity contribution in [3.63, 3.8) is 0 Å². The Labute approximate surface area is 203 Å². The molecule has 0 atom stereocenters. The average Bonchev–Trinajstić information content (AvgIpc) is 3.28. The molecule has 0 bridgehead atoms. The van der Waals surface area contributed by atoms with Crippen molar-refractivity contribution in [1.29, 1.82) is 0 Å². The fraction of sp³-hybridized carbons (Fsp3) is 0.148. The van der Waals surface area contributed by atoms with E-state index in [0.29, 0.717) is 28.4 Å². The summed E-state index contributed by atoms with van der Waals surface area (Å²) in [6, 6.07) is 23.2. The Balaban J connectivity index is 1.40. The van der Waals surface area contributed by atoms with Crippen LogP contribution < -0.4 is 21.1 Å². The van der Waals surface area contributed by atoms with Crippen LogP contribution in [0.3, 0.4) is 0 Å². The standard InChI is InChI=1S/C27H27N5O3/c1-27(2,3)32-17-23(25(28)33)24(31-32)18-9-11-19(12-10-18)29-26(34)30-20-13-15-22(16-14-20)35-21-7-5-4-6-8-21/h4-17H,1-3H3,(H2,28,33)(H2,29,30,34). The maximum Gasteiger partial charge on any atom is 0.323 e. The summed E-state index contributed by atoms with van der Waals surface area (Å²) in [6.07, 6.45) is 1.66. The van der Waals surface area contributed by atoms with E-state index in [1.807, 2.05) is 51.1 Å². The zero-order valence-corrected chi connectivity index (χ0v) is 19.8. The second kappa shape index (κ2) is 9.72. The molecule has 8 nitrogen and oxygen atoms in total. The highest BCUT2D eigenvalue weighted by Gasteiger charge is 2.21. The molecule has 3 aromatic carbocycles. The molecule has 0 fully saturated rings. The molecule has 4 rings (SSSR count). The van der Waals surface area contributed by atoms with Crippen molar-refractivity contribution >= 4 is 23.3 Å². The van der Waals surface area contributed by atoms with Crippen LogP contribution in [-0.2, 0) is 5.54 Å². The van der Waals surface area contributed by atoms with Crippen molar-refractivity contribution in [2.45, 2.75) is 26.3 Å². The van der Waals surface area contributed by atoms with Crippen molar-refractivity contribution in [3.05, 3.63) is 90.6 Å². The van der Waals surface area contributed by atoms with Crippen LogP contribution in [0.1, 0.15) is 31.1 Å². The molecule has 35 heavy (non-hydrogen) atoms. The van der Waals surface area contributed by atoms with Gasteiger partial charge in [0.05, 0.1) is 11.1 Å². The molecular formula is C27H27N5O3. The van der Waals surface area contributed by atoms with Gasteiger partial charge in [0.1, 0.15) is 17.2 Å². The molecule has 0 saturated heterocycles. The van der Waals surface area contributed by atoms with Gasteiger partial charge < -0.3 is 21.1 Å². The Bertz CT molecular complexity index is 1320. The summed E-state index contributed by atoms with van der Waals surface area (Å²) < 4.78 is 7.48. The molecule has 1 heterocycles. The lowest BCUT2D eigenvalue weighted by molar-refractivity contribution is 0.100. The molecule has 1 aromatic heterocycles. The van der Waals surface area contributed by atoms with Crippen molar-refractivity contribution < 1.29 is 14.3 Å². The Morgan fingerprint density at radius 1 is 0.829 bits per heavy atom. The molecule has 4 N–H and O–H groups in total. The number of aromatic nitrogens is 2. The van der Waals surface area contributed by atoms with Gasteiger partial charge in [0.15, 0.2) is 0 Å². The highest BCUT2D eigenvalue weighted by molar-refractivity contribution is 6.00. The van der Waals surface area contributed by atoms with Gasteiger partial charge in [0.2, 0.25) is 0 Å². The van der Waals surface area contributed by atoms with Gasteiger partial charge in [-0.3, -0.25) is 9.48 Å². The van der Waals surface area contributed by atoms with Gasteiger partial charge in [-0.1, -0.05) is 30.3 Å². The minimum absolute atomic E-state index is 0.298. The van der Waals surface area contributed by atoms with Crippen LogP contribution in [0.25, 0.3) is 11.3 Å². The van der Waals surface area contributed by atoms with Crippen molar-refractivity contribution in [2.75, 3.05) is 10.6 Å². The summed E-state index contributed by atoms with van der Waals surface area (Å²) >= 11 is 0. The maximum atomic E-state index is 12.4. The third-order valence-corrected chi connectivity index (χ3v) is 5.17. The molecule has 0 unspecified atom stereocenters. The van der Waals surface area contributed by atoms with E-state index >= 15 is 0 Å². The monoisotopic (exact) mass is 469 g/mol. The van der Waals surface area contributed by atoms with Gasteiger partial charge >= 0.3 is 6.03 Å². The van der Waals surface area contributed by atoms with E-state index in [1.54, 1.807) is 59.4 Å². The van der Waals surface area contributed by atoms with Crippen molar-refractivity contribution in [1.82, 2.24) is 9.78 Å². The first kappa shape index (κ1) is 23.6. The van der Waals surface area contributed by atoms with Crippen LogP contribution in [0.5, 0.6) is 11.5 Å². The highest BCUT2D eigenvalue weighted by Crippen LogP contribution is 2.27. The van der Waals surface area contributed by atoms with Gasteiger partial charge in [-0.25, -0.2) is 4.79 Å². The van der Waals surface area contributed by atoms with Crippen LogP contribution in [0, 0.1) is 0 Å². The number of rotatable bonds is 6. The number of hydrogen-bond donors (Lipinski definition) is 3. The van der Waals surface area contributed by atoms with Gasteiger partial charge in [0.25, 0.3) is 5.91 Å². The number of ether oxygens (including phenoxy) is 1. The summed E-state index contributed by atoms with van der Waals surface area (Å²) in [5.41, 5.74) is 8.05. The molecular weight excluding hydrogens is 442 g/mol. The number of nitrogens with one attached hydrogen (secondary N) is 2. The highest BCUT2D eigenvalue weighted by atomic mass is 16.5. The smallest absolute Gasteiger partial charge is 0.323 e. The summed E-state index contributed by atoms with van der Waals surface area (Å²) in [7, 11) is 0. The summed E-state index contributed by atoms with van der Waals surface area (Å²) in [5, 5.41) is 10.1. The van der Waals surface area contributed by atoms with E-state index in [4.69, 9.17) is 10.5 Å². The number of anilines is 2. The predicted molar refractivity (Wildman–Crippen MR) is 137 cm³/mol. The average molecular weight is 470 g/mol. The number of carbonyl (C=O) groups excluding carboxylic acids is 2. The zero-order chi connectivity index (χ0) is 25.0. The fourth-order valence-corrected chi connectivity index (χ4v) is 3.35. The second-order valence-electron chi connectivity index (χ2n) is 8.97. The van der Waals surface area contributed by atoms with Crippen molar-refractivity contribution in [2.24, 2.45) is 5.73 Å². The number of nitrogens with two attached hydrogens (primary N) is 1. The van der Waals surface area contributed by atoms with Crippen LogP contribution in [-0.4, -0.2) is 21.7 Å². The van der Waals surface area contributed by atoms with E-state index in [0.717, 1.165) is 11.3 Å². The molecule has 178 valence electrons. The van der Waals surface area contributed by atoms with E-state index in [9.17, 15) is 9.59 Å². The summed E-state index contributed by atoms with van der Waals surface area (Å²) in [5.74, 6) is 0.863. The molecule has 0 aliphatic heterocycles. The molecule has 0 radical (unpaired) electrons. The van der Waals surface area contributed by atoms with Crippen LogP contribution in [0.4, 0.5) is 16.2 Å². The topological polar surface area (TPSA) is 111 Å². The zero-order valence-electron chi connectivity index (χ0n) is 19.8. The number of para-hydroxylation sites is 1. The Morgan fingerprint density at radius 3 is 1.91 bits per heavy atom. The maximum absolute atomic E-state index is 12.4. The largest absolute Gasteiger partial charge is 0.457 e. The van der Waals surface area contributed by atoms with Crippen LogP contribution >= 0.6 is 0 Å². The lowest BCUT2D eigenvalue weighted by atomic mass is 10.1. The quantitative estimate of drug-likeness (QED) is 0.329. The van der Waals surface area contributed by atoms with Gasteiger partial charge in [-0.2, -0.15) is 5.10 Å². The minimum Gasteiger partial charge on any atom is -0.457 e. The SMILES string of the molecule is CC(C)(C)n1cc(C(N)=O)c(-c2ccc(NC(=O)Nc3ccc(Oc4ccccc4)cc3)cc2)n1. The lowest BCUT2D eigenvalue weighted by Gasteiger charge is -2.18. The first-order valence-electron chi connectivity index (χ1n) is 11.1. The molecule has 8 heteroatoms. The number of benzene rings is 3. The Hall–Kier alpha value is -4.59. The molecule has 0 spiro atoms. The number of carbonyl (C=O) groups is 2. The van der Waals surface area contributed by atoms with E-state index in [-0.39, 0.29) is 11.6 Å². The van der Waals surface area contributed by atoms with E-state index < -0.39 is 5.91 Å². The second-order valence-corrected chi connectivity index (χ2v) is 8.97.